The number of alkyl carbamates (subject to hydrolysis) is 1. The Kier molecular flexibility index (Phi) is 7.43. The molecule has 0 unspecified atom stereocenters. The smallest absolute Gasteiger partial charge is 0.408 e. The van der Waals surface area contributed by atoms with Gasteiger partial charge in [-0.1, -0.05) is 68.8 Å². The minimum absolute atomic E-state index is 0.0604. The standard InChI is InChI=1S/C28H34N2O5/c1-3-28(4-2,26(33)29-19-11-9-10-18(16-19)25(31)32)30-27(34)35-17-24-22-14-7-5-12-20(22)21-13-6-8-15-23(21)24/h5-8,12-15,18-19,24H,3-4,9-11,16-17H2,1-2H3,(H,29,33)(H,30,34)(H,31,32)/t18-,19-/m1/s1. The molecule has 0 heterocycles. The predicted octanol–water partition coefficient (Wildman–Crippen LogP) is 4.84. The molecule has 2 aliphatic rings. The van der Waals surface area contributed by atoms with Crippen molar-refractivity contribution in [1.82, 2.24) is 10.6 Å². The van der Waals surface area contributed by atoms with E-state index in [2.05, 4.69) is 34.9 Å². The number of ether oxygens (including phenoxy) is 1. The summed E-state index contributed by atoms with van der Waals surface area (Å²) in [6.45, 7) is 3.88. The van der Waals surface area contributed by atoms with Gasteiger partial charge in [0.25, 0.3) is 0 Å². The number of hydrogen-bond donors (Lipinski definition) is 3. The maximum atomic E-state index is 13.3. The van der Waals surface area contributed by atoms with Gasteiger partial charge in [0.05, 0.1) is 5.92 Å². The van der Waals surface area contributed by atoms with Crippen LogP contribution in [0.2, 0.25) is 0 Å². The number of carbonyl (C=O) groups excluding carboxylic acids is 2. The first kappa shape index (κ1) is 24.8. The van der Waals surface area contributed by atoms with E-state index in [1.165, 1.54) is 0 Å². The Labute approximate surface area is 206 Å². The average Bonchev–Trinajstić information content (AvgIpc) is 3.20. The second-order valence-corrected chi connectivity index (χ2v) is 9.61. The molecule has 2 aromatic carbocycles. The second-order valence-electron chi connectivity index (χ2n) is 9.61. The van der Waals surface area contributed by atoms with E-state index < -0.39 is 23.5 Å². The molecule has 0 bridgehead atoms. The molecule has 2 amide bonds. The van der Waals surface area contributed by atoms with Crippen LogP contribution in [0.4, 0.5) is 4.79 Å². The summed E-state index contributed by atoms with van der Waals surface area (Å²) in [5.41, 5.74) is 3.45. The topological polar surface area (TPSA) is 105 Å². The van der Waals surface area contributed by atoms with Crippen molar-refractivity contribution in [2.45, 2.75) is 69.9 Å². The van der Waals surface area contributed by atoms with E-state index in [1.54, 1.807) is 0 Å². The Bertz CT molecular complexity index is 1050. The Morgan fingerprint density at radius 1 is 0.971 bits per heavy atom. The minimum atomic E-state index is -1.11. The summed E-state index contributed by atoms with van der Waals surface area (Å²) >= 11 is 0. The van der Waals surface area contributed by atoms with Gasteiger partial charge in [-0.05, 0) is 54.4 Å². The van der Waals surface area contributed by atoms with Gasteiger partial charge in [0.15, 0.2) is 0 Å². The first-order valence-electron chi connectivity index (χ1n) is 12.6. The predicted molar refractivity (Wildman–Crippen MR) is 133 cm³/mol. The lowest BCUT2D eigenvalue weighted by Crippen LogP contribution is -2.60. The van der Waals surface area contributed by atoms with Crippen molar-refractivity contribution in [1.29, 1.82) is 0 Å². The van der Waals surface area contributed by atoms with Gasteiger partial charge in [-0.3, -0.25) is 9.59 Å². The Morgan fingerprint density at radius 3 is 2.14 bits per heavy atom. The number of fused-ring (bicyclic) bond motifs is 3. The fourth-order valence-electron chi connectivity index (χ4n) is 5.50. The van der Waals surface area contributed by atoms with Gasteiger partial charge < -0.3 is 20.5 Å². The number of carbonyl (C=O) groups is 3. The van der Waals surface area contributed by atoms with Gasteiger partial charge in [-0.25, -0.2) is 4.79 Å². The zero-order valence-corrected chi connectivity index (χ0v) is 20.4. The van der Waals surface area contributed by atoms with Crippen molar-refractivity contribution in [2.75, 3.05) is 6.61 Å². The third-order valence-electron chi connectivity index (χ3n) is 7.69. The third kappa shape index (κ3) is 5.04. The maximum Gasteiger partial charge on any atom is 0.408 e. The zero-order chi connectivity index (χ0) is 25.0. The highest BCUT2D eigenvalue weighted by molar-refractivity contribution is 5.90. The molecule has 7 heteroatoms. The normalized spacial score (nSPS) is 19.4. The van der Waals surface area contributed by atoms with Gasteiger partial charge in [0.1, 0.15) is 12.1 Å². The van der Waals surface area contributed by atoms with E-state index in [1.807, 2.05) is 38.1 Å². The van der Waals surface area contributed by atoms with Gasteiger partial charge in [-0.15, -0.1) is 0 Å². The maximum absolute atomic E-state index is 13.3. The third-order valence-corrected chi connectivity index (χ3v) is 7.69. The molecule has 2 atom stereocenters. The first-order chi connectivity index (χ1) is 16.9. The molecule has 0 spiro atoms. The van der Waals surface area contributed by atoms with E-state index in [0.29, 0.717) is 25.7 Å². The molecule has 186 valence electrons. The van der Waals surface area contributed by atoms with Crippen LogP contribution in [0.1, 0.15) is 69.4 Å². The summed E-state index contributed by atoms with van der Waals surface area (Å²) in [6, 6.07) is 16.1. The van der Waals surface area contributed by atoms with Crippen molar-refractivity contribution in [3.8, 4) is 11.1 Å². The fourth-order valence-corrected chi connectivity index (χ4v) is 5.50. The molecule has 7 nitrogen and oxygen atoms in total. The van der Waals surface area contributed by atoms with Gasteiger partial charge in [0.2, 0.25) is 5.91 Å². The lowest BCUT2D eigenvalue weighted by Gasteiger charge is -2.35. The van der Waals surface area contributed by atoms with Crippen molar-refractivity contribution < 1.29 is 24.2 Å². The van der Waals surface area contributed by atoms with E-state index >= 15 is 0 Å². The second kappa shape index (κ2) is 10.5. The molecule has 0 saturated heterocycles. The van der Waals surface area contributed by atoms with E-state index in [9.17, 15) is 19.5 Å². The number of aliphatic carboxylic acids is 1. The Hall–Kier alpha value is -3.35. The minimum Gasteiger partial charge on any atom is -0.481 e. The van der Waals surface area contributed by atoms with Gasteiger partial charge in [-0.2, -0.15) is 0 Å². The van der Waals surface area contributed by atoms with E-state index in [0.717, 1.165) is 35.1 Å². The molecule has 0 aliphatic heterocycles. The summed E-state index contributed by atoms with van der Waals surface area (Å²) in [4.78, 5) is 37.6. The Morgan fingerprint density at radius 2 is 1.57 bits per heavy atom. The number of carboxylic acid groups (broad SMARTS) is 1. The average molecular weight is 479 g/mol. The molecule has 1 fully saturated rings. The number of nitrogens with one attached hydrogen (secondary N) is 2. The lowest BCUT2D eigenvalue weighted by molar-refractivity contribution is -0.143. The molecule has 2 aliphatic carbocycles. The molecule has 4 rings (SSSR count). The number of carboxylic acids is 1. The van der Waals surface area contributed by atoms with Crippen LogP contribution in [-0.2, 0) is 14.3 Å². The van der Waals surface area contributed by atoms with E-state index in [4.69, 9.17) is 4.74 Å². The molecule has 2 aromatic rings. The monoisotopic (exact) mass is 478 g/mol. The van der Waals surface area contributed by atoms with Gasteiger partial charge in [0, 0.05) is 12.0 Å². The van der Waals surface area contributed by atoms with E-state index in [-0.39, 0.29) is 24.5 Å². The Balaban J connectivity index is 1.41. The van der Waals surface area contributed by atoms with Crippen LogP contribution >= 0.6 is 0 Å². The number of amides is 2. The van der Waals surface area contributed by atoms with Crippen molar-refractivity contribution in [3.05, 3.63) is 59.7 Å². The molecule has 3 N–H and O–H groups in total. The van der Waals surface area contributed by atoms with Crippen molar-refractivity contribution in [2.24, 2.45) is 5.92 Å². The van der Waals surface area contributed by atoms with Crippen LogP contribution in [0.15, 0.2) is 48.5 Å². The zero-order valence-electron chi connectivity index (χ0n) is 20.4. The highest BCUT2D eigenvalue weighted by Gasteiger charge is 2.39. The summed E-state index contributed by atoms with van der Waals surface area (Å²) in [6.07, 6.45) is 2.71. The molecule has 35 heavy (non-hydrogen) atoms. The number of rotatable bonds is 8. The first-order valence-corrected chi connectivity index (χ1v) is 12.6. The molecular formula is C28H34N2O5. The molecule has 0 radical (unpaired) electrons. The van der Waals surface area contributed by atoms with Crippen LogP contribution in [0.25, 0.3) is 11.1 Å². The van der Waals surface area contributed by atoms with Crippen molar-refractivity contribution in [3.63, 3.8) is 0 Å². The summed E-state index contributed by atoms with van der Waals surface area (Å²) < 4.78 is 5.68. The van der Waals surface area contributed by atoms with Gasteiger partial charge >= 0.3 is 12.1 Å². The molecular weight excluding hydrogens is 444 g/mol. The number of hydrogen-bond acceptors (Lipinski definition) is 4. The van der Waals surface area contributed by atoms with Crippen LogP contribution in [0.5, 0.6) is 0 Å². The van der Waals surface area contributed by atoms with Crippen LogP contribution in [-0.4, -0.2) is 41.3 Å². The summed E-state index contributed by atoms with van der Waals surface area (Å²) in [5, 5.41) is 15.2. The molecule has 0 aromatic heterocycles. The number of benzene rings is 2. The van der Waals surface area contributed by atoms with Crippen LogP contribution in [0, 0.1) is 5.92 Å². The molecule has 1 saturated carbocycles. The lowest BCUT2D eigenvalue weighted by atomic mass is 9.84. The van der Waals surface area contributed by atoms with Crippen LogP contribution in [0.3, 0.4) is 0 Å². The highest BCUT2D eigenvalue weighted by Crippen LogP contribution is 2.44. The summed E-state index contributed by atoms with van der Waals surface area (Å²) in [7, 11) is 0. The highest BCUT2D eigenvalue weighted by atomic mass is 16.5. The SMILES string of the molecule is CCC(CC)(NC(=O)OCC1c2ccccc2-c2ccccc21)C(=O)N[C@@H]1CCC[C@@H](C(=O)O)C1. The fraction of sp³-hybridized carbons (Fsp3) is 0.464. The largest absolute Gasteiger partial charge is 0.481 e. The van der Waals surface area contributed by atoms with Crippen molar-refractivity contribution >= 4 is 18.0 Å². The van der Waals surface area contributed by atoms with Crippen LogP contribution < -0.4 is 10.6 Å². The summed E-state index contributed by atoms with van der Waals surface area (Å²) in [5.74, 6) is -1.61. The quantitative estimate of drug-likeness (QED) is 0.503.